The van der Waals surface area contributed by atoms with Gasteiger partial charge in [0, 0.05) is 25.1 Å². The Morgan fingerprint density at radius 1 is 0.957 bits per heavy atom. The summed E-state index contributed by atoms with van der Waals surface area (Å²) in [4.78, 5) is 40.0. The Morgan fingerprint density at radius 2 is 1.52 bits per heavy atom. The Kier molecular flexibility index (Phi) is 8.49. The maximum absolute atomic E-state index is 12.9. The molecule has 1 unspecified atom stereocenters. The molecule has 0 aliphatic carbocycles. The zero-order valence-corrected chi connectivity index (χ0v) is 27.8. The van der Waals surface area contributed by atoms with Gasteiger partial charge in [0.1, 0.15) is 24.0 Å². The van der Waals surface area contributed by atoms with Crippen molar-refractivity contribution in [1.29, 1.82) is 0 Å². The van der Waals surface area contributed by atoms with Gasteiger partial charge >= 0.3 is 11.7 Å². The third-order valence-electron chi connectivity index (χ3n) is 9.17. The number of hydrogen-bond donors (Lipinski definition) is 1. The lowest BCUT2D eigenvalue weighted by molar-refractivity contribution is -0.159. The van der Waals surface area contributed by atoms with Crippen molar-refractivity contribution in [2.24, 2.45) is 0 Å². The van der Waals surface area contributed by atoms with Crippen molar-refractivity contribution in [2.45, 2.75) is 76.2 Å². The Hall–Kier alpha value is -4.09. The van der Waals surface area contributed by atoms with Gasteiger partial charge in [0.15, 0.2) is 6.10 Å². The molecule has 2 aliphatic heterocycles. The van der Waals surface area contributed by atoms with E-state index < -0.39 is 55.7 Å². The number of esters is 1. The molecule has 0 spiro atoms. The standard InChI is InChI=1S/C36H40N2O7Si/c1-24-22-38(34(41)37-33(24)40)30-21-36(26-15-9-6-10-16-26)32(44-30)31(43-25(2)39)29(45-36)23-42-46(35(3,4)5,27-17-11-7-12-18-27)28-19-13-8-14-20-28/h6-20,22,29-32H,21,23H2,1-5H3,(H,37,40,41)/t29-,30+,31-,32?,36+/m1/s1. The number of aromatic nitrogens is 2. The Bertz CT molecular complexity index is 1760. The van der Waals surface area contributed by atoms with E-state index in [-0.39, 0.29) is 18.1 Å². The molecule has 10 heteroatoms. The highest BCUT2D eigenvalue weighted by molar-refractivity contribution is 6.99. The molecule has 0 amide bonds. The monoisotopic (exact) mass is 640 g/mol. The van der Waals surface area contributed by atoms with Gasteiger partial charge in [0.25, 0.3) is 13.9 Å². The normalized spacial score (nSPS) is 24.5. The summed E-state index contributed by atoms with van der Waals surface area (Å²) in [5.41, 5.74) is -0.884. The fourth-order valence-corrected chi connectivity index (χ4v) is 11.7. The summed E-state index contributed by atoms with van der Waals surface area (Å²) in [5, 5.41) is 1.97. The van der Waals surface area contributed by atoms with Crippen LogP contribution in [0.2, 0.25) is 5.04 Å². The van der Waals surface area contributed by atoms with Gasteiger partial charge in [-0.2, -0.15) is 0 Å². The molecule has 6 rings (SSSR count). The van der Waals surface area contributed by atoms with Gasteiger partial charge in [0.05, 0.1) is 6.61 Å². The molecule has 5 atom stereocenters. The predicted molar refractivity (Wildman–Crippen MR) is 177 cm³/mol. The van der Waals surface area contributed by atoms with Gasteiger partial charge in [-0.1, -0.05) is 112 Å². The van der Waals surface area contributed by atoms with Crippen molar-refractivity contribution in [1.82, 2.24) is 9.55 Å². The van der Waals surface area contributed by atoms with Crippen LogP contribution in [0.5, 0.6) is 0 Å². The lowest BCUT2D eigenvalue weighted by Crippen LogP contribution is -2.67. The zero-order valence-electron chi connectivity index (χ0n) is 26.8. The summed E-state index contributed by atoms with van der Waals surface area (Å²) in [6, 6.07) is 30.3. The van der Waals surface area contributed by atoms with Crippen LogP contribution in [0.15, 0.2) is 107 Å². The van der Waals surface area contributed by atoms with E-state index >= 15 is 0 Å². The van der Waals surface area contributed by atoms with Gasteiger partial charge < -0.3 is 18.6 Å². The summed E-state index contributed by atoms with van der Waals surface area (Å²) in [6.45, 7) is 9.75. The van der Waals surface area contributed by atoms with Crippen molar-refractivity contribution in [2.75, 3.05) is 6.61 Å². The molecule has 2 aliphatic rings. The van der Waals surface area contributed by atoms with E-state index in [1.165, 1.54) is 17.7 Å². The number of aryl methyl sites for hydroxylation is 1. The Balaban J connectivity index is 1.42. The van der Waals surface area contributed by atoms with E-state index in [4.69, 9.17) is 18.6 Å². The summed E-state index contributed by atoms with van der Waals surface area (Å²) in [6.07, 6.45) is -1.29. The minimum atomic E-state index is -2.95. The molecular formula is C36H40N2O7Si. The first kappa shape index (κ1) is 31.9. The molecule has 0 radical (unpaired) electrons. The minimum Gasteiger partial charge on any atom is -0.457 e. The zero-order chi connectivity index (χ0) is 32.7. The number of nitrogens with one attached hydrogen (secondary N) is 1. The fourth-order valence-electron chi connectivity index (χ4n) is 7.15. The lowest BCUT2D eigenvalue weighted by Gasteiger charge is -2.43. The molecule has 3 heterocycles. The molecule has 9 nitrogen and oxygen atoms in total. The first-order chi connectivity index (χ1) is 22.0. The third-order valence-corrected chi connectivity index (χ3v) is 14.2. The van der Waals surface area contributed by atoms with Gasteiger partial charge in [-0.15, -0.1) is 0 Å². The van der Waals surface area contributed by atoms with Gasteiger partial charge in [-0.25, -0.2) is 4.79 Å². The highest BCUT2D eigenvalue weighted by atomic mass is 28.4. The average Bonchev–Trinajstić information content (AvgIpc) is 3.54. The molecular weight excluding hydrogens is 600 g/mol. The van der Waals surface area contributed by atoms with E-state index in [0.29, 0.717) is 5.56 Å². The number of fused-ring (bicyclic) bond motifs is 1. The number of aromatic amines is 1. The summed E-state index contributed by atoms with van der Waals surface area (Å²) in [7, 11) is -2.95. The van der Waals surface area contributed by atoms with Crippen molar-refractivity contribution >= 4 is 24.7 Å². The molecule has 1 N–H and O–H groups in total. The van der Waals surface area contributed by atoms with Crippen LogP contribution in [0.4, 0.5) is 0 Å². The number of hydrogen-bond acceptors (Lipinski definition) is 7. The molecule has 240 valence electrons. The van der Waals surface area contributed by atoms with Crippen LogP contribution in [0.1, 0.15) is 51.5 Å². The van der Waals surface area contributed by atoms with E-state index in [1.807, 2.05) is 66.7 Å². The van der Waals surface area contributed by atoms with Crippen molar-refractivity contribution < 1.29 is 23.4 Å². The second-order valence-corrected chi connectivity index (χ2v) is 17.5. The molecule has 0 bridgehead atoms. The molecule has 1 aromatic heterocycles. The Labute approximate surface area is 269 Å². The summed E-state index contributed by atoms with van der Waals surface area (Å²) >= 11 is 0. The van der Waals surface area contributed by atoms with Gasteiger partial charge in [-0.3, -0.25) is 19.1 Å². The number of carbonyl (C=O) groups is 1. The highest BCUT2D eigenvalue weighted by Crippen LogP contribution is 2.54. The van der Waals surface area contributed by atoms with Crippen LogP contribution in [0.25, 0.3) is 0 Å². The van der Waals surface area contributed by atoms with Crippen LogP contribution in [-0.4, -0.2) is 48.8 Å². The van der Waals surface area contributed by atoms with Crippen molar-refractivity contribution in [3.05, 3.63) is 129 Å². The van der Waals surface area contributed by atoms with Crippen molar-refractivity contribution in [3.8, 4) is 0 Å². The van der Waals surface area contributed by atoms with E-state index in [1.54, 1.807) is 6.92 Å². The molecule has 3 aromatic carbocycles. The van der Waals surface area contributed by atoms with E-state index in [2.05, 4.69) is 50.0 Å². The topological polar surface area (TPSA) is 109 Å². The van der Waals surface area contributed by atoms with Crippen LogP contribution in [0.3, 0.4) is 0 Å². The third kappa shape index (κ3) is 5.49. The predicted octanol–water partition coefficient (Wildman–Crippen LogP) is 3.94. The first-order valence-corrected chi connectivity index (χ1v) is 17.5. The number of H-pyrrole nitrogens is 1. The van der Waals surface area contributed by atoms with Gasteiger partial charge in [0.2, 0.25) is 0 Å². The quantitative estimate of drug-likeness (QED) is 0.230. The maximum Gasteiger partial charge on any atom is 0.330 e. The number of rotatable bonds is 8. The van der Waals surface area contributed by atoms with E-state index in [0.717, 1.165) is 15.9 Å². The molecule has 2 saturated heterocycles. The number of carbonyl (C=O) groups excluding carboxylic acids is 1. The fraction of sp³-hybridized carbons (Fsp3) is 0.361. The minimum absolute atomic E-state index is 0.141. The van der Waals surface area contributed by atoms with E-state index in [9.17, 15) is 14.4 Å². The largest absolute Gasteiger partial charge is 0.457 e. The lowest BCUT2D eigenvalue weighted by atomic mass is 9.86. The smallest absolute Gasteiger partial charge is 0.330 e. The van der Waals surface area contributed by atoms with Crippen molar-refractivity contribution in [3.63, 3.8) is 0 Å². The second-order valence-electron chi connectivity index (χ2n) is 13.2. The molecule has 46 heavy (non-hydrogen) atoms. The number of nitrogens with zero attached hydrogens (tertiary/aromatic N) is 1. The Morgan fingerprint density at radius 3 is 2.07 bits per heavy atom. The average molecular weight is 641 g/mol. The first-order valence-electron chi connectivity index (χ1n) is 15.6. The molecule has 2 fully saturated rings. The van der Waals surface area contributed by atoms with Crippen LogP contribution >= 0.6 is 0 Å². The summed E-state index contributed by atoms with van der Waals surface area (Å²) in [5.74, 6) is -0.475. The summed E-state index contributed by atoms with van der Waals surface area (Å²) < 4.78 is 28.2. The van der Waals surface area contributed by atoms with Crippen LogP contribution in [0, 0.1) is 6.92 Å². The maximum atomic E-state index is 12.9. The number of benzene rings is 3. The SMILES string of the molecule is CC(=O)O[C@H]1C2O[C@H](n3cc(C)c(=O)[nH]c3=O)C[C@@]2(c2ccccc2)O[C@@H]1CO[Si](c1ccccc1)(c1ccccc1)C(C)(C)C. The van der Waals surface area contributed by atoms with Crippen LogP contribution < -0.4 is 21.6 Å². The van der Waals surface area contributed by atoms with Crippen LogP contribution in [-0.2, 0) is 29.0 Å². The second kappa shape index (κ2) is 12.3. The number of ether oxygens (including phenoxy) is 3. The highest BCUT2D eigenvalue weighted by Gasteiger charge is 2.64. The molecule has 4 aromatic rings. The molecule has 0 saturated carbocycles. The van der Waals surface area contributed by atoms with Gasteiger partial charge in [-0.05, 0) is 27.9 Å².